The van der Waals surface area contributed by atoms with Gasteiger partial charge < -0.3 is 0 Å². The Labute approximate surface area is 57.6 Å². The smallest absolute Gasteiger partial charge is 0.0406 e. The largest absolute Gasteiger partial charge is 0.0533 e. The molecule has 0 saturated heterocycles. The van der Waals surface area contributed by atoms with Gasteiger partial charge in [0.15, 0.2) is 0 Å². The third-order valence-corrected chi connectivity index (χ3v) is 3.00. The predicted molar refractivity (Wildman–Crippen MR) is 39.3 cm³/mol. The molecule has 52 valence electrons. The molecule has 4 aliphatic rings. The Hall–Kier alpha value is 0. The standard InChI is InChI=1S/C5H8.C4H8/c1-4-2-5(1)3-4;1-2-4-3-1/h4-5H,1-3H2;1-4H2. The predicted octanol–water partition coefficient (Wildman–Crippen LogP) is 2.98. The van der Waals surface area contributed by atoms with Crippen LogP contribution in [0.15, 0.2) is 0 Å². The van der Waals surface area contributed by atoms with Crippen molar-refractivity contribution in [3.8, 4) is 0 Å². The van der Waals surface area contributed by atoms with E-state index in [1.54, 1.807) is 19.3 Å². The first kappa shape index (κ1) is 5.76. The Kier molecular flexibility index (Phi) is 1.48. The lowest BCUT2D eigenvalue weighted by atomic mass is 9.56. The van der Waals surface area contributed by atoms with Crippen LogP contribution in [0.1, 0.15) is 44.9 Å². The molecular weight excluding hydrogens is 108 g/mol. The van der Waals surface area contributed by atoms with Crippen molar-refractivity contribution in [3.63, 3.8) is 0 Å². The van der Waals surface area contributed by atoms with E-state index in [9.17, 15) is 0 Å². The van der Waals surface area contributed by atoms with Crippen molar-refractivity contribution in [3.05, 3.63) is 0 Å². The lowest BCUT2D eigenvalue weighted by Gasteiger charge is -2.49. The molecule has 0 aromatic rings. The Morgan fingerprint density at radius 1 is 0.556 bits per heavy atom. The first-order valence-corrected chi connectivity index (χ1v) is 4.45. The molecule has 4 saturated carbocycles. The minimum atomic E-state index is 1.21. The van der Waals surface area contributed by atoms with E-state index >= 15 is 0 Å². The molecule has 0 nitrogen and oxygen atoms in total. The lowest BCUT2D eigenvalue weighted by Crippen LogP contribution is -2.38. The van der Waals surface area contributed by atoms with Crippen LogP contribution in [-0.2, 0) is 0 Å². The summed E-state index contributed by atoms with van der Waals surface area (Å²) in [5.41, 5.74) is 0. The second-order valence-corrected chi connectivity index (χ2v) is 3.85. The van der Waals surface area contributed by atoms with E-state index in [0.29, 0.717) is 0 Å². The van der Waals surface area contributed by atoms with Gasteiger partial charge in [0, 0.05) is 0 Å². The zero-order valence-corrected chi connectivity index (χ0v) is 6.10. The summed E-state index contributed by atoms with van der Waals surface area (Å²) in [5, 5.41) is 0. The average Bonchev–Trinajstić information content (AvgIpc) is 1.04. The molecule has 2 bridgehead atoms. The van der Waals surface area contributed by atoms with Gasteiger partial charge in [-0.1, -0.05) is 25.7 Å². The van der Waals surface area contributed by atoms with E-state index < -0.39 is 0 Å². The van der Waals surface area contributed by atoms with Crippen LogP contribution in [0.25, 0.3) is 0 Å². The second-order valence-electron chi connectivity index (χ2n) is 3.85. The summed E-state index contributed by atoms with van der Waals surface area (Å²) in [4.78, 5) is 0. The topological polar surface area (TPSA) is 0 Å². The summed E-state index contributed by atoms with van der Waals surface area (Å²) in [6.45, 7) is 0. The minimum absolute atomic E-state index is 1.21. The molecule has 0 amide bonds. The zero-order valence-electron chi connectivity index (χ0n) is 6.10. The second kappa shape index (κ2) is 2.32. The van der Waals surface area contributed by atoms with Gasteiger partial charge in [-0.15, -0.1) is 0 Å². The maximum Gasteiger partial charge on any atom is -0.0406 e. The molecule has 0 spiro atoms. The average molecular weight is 124 g/mol. The van der Waals surface area contributed by atoms with Crippen molar-refractivity contribution in [2.24, 2.45) is 11.8 Å². The fraction of sp³-hybridized carbons (Fsp3) is 1.00. The molecule has 0 aliphatic heterocycles. The van der Waals surface area contributed by atoms with Crippen LogP contribution >= 0.6 is 0 Å². The summed E-state index contributed by atoms with van der Waals surface area (Å²) in [5.74, 6) is 2.42. The maximum absolute atomic E-state index is 1.58. The molecule has 0 atom stereocenters. The minimum Gasteiger partial charge on any atom is -0.0533 e. The van der Waals surface area contributed by atoms with Crippen molar-refractivity contribution in [2.75, 3.05) is 0 Å². The lowest BCUT2D eigenvalue weighted by molar-refractivity contribution is 0.0198. The van der Waals surface area contributed by atoms with Crippen molar-refractivity contribution < 1.29 is 0 Å². The Bertz CT molecular complexity index is 67.9. The Morgan fingerprint density at radius 2 is 0.778 bits per heavy atom. The van der Waals surface area contributed by atoms with E-state index in [1.807, 2.05) is 0 Å². The molecule has 0 heterocycles. The summed E-state index contributed by atoms with van der Waals surface area (Å²) in [7, 11) is 0. The third-order valence-electron chi connectivity index (χ3n) is 3.00. The SMILES string of the molecule is C1C2CC1C2.C1CCC1. The number of hydrogen-bond acceptors (Lipinski definition) is 0. The zero-order chi connectivity index (χ0) is 6.10. The van der Waals surface area contributed by atoms with Gasteiger partial charge in [-0.3, -0.25) is 0 Å². The van der Waals surface area contributed by atoms with Crippen LogP contribution in [0.2, 0.25) is 0 Å². The van der Waals surface area contributed by atoms with Crippen LogP contribution in [0, 0.1) is 11.8 Å². The summed E-state index contributed by atoms with van der Waals surface area (Å²) in [6.07, 6.45) is 10.8. The molecular formula is C9H16. The van der Waals surface area contributed by atoms with Gasteiger partial charge in [-0.2, -0.15) is 0 Å². The van der Waals surface area contributed by atoms with Crippen LogP contribution in [-0.4, -0.2) is 0 Å². The molecule has 0 unspecified atom stereocenters. The quantitative estimate of drug-likeness (QED) is 0.465. The molecule has 9 heavy (non-hydrogen) atoms. The normalized spacial score (nSPS) is 42.7. The molecule has 4 aliphatic carbocycles. The molecule has 0 aromatic heterocycles. The Morgan fingerprint density at radius 3 is 0.778 bits per heavy atom. The maximum atomic E-state index is 1.58. The molecule has 0 aromatic carbocycles. The van der Waals surface area contributed by atoms with E-state index in [1.165, 1.54) is 37.5 Å². The van der Waals surface area contributed by atoms with Crippen LogP contribution in [0.4, 0.5) is 0 Å². The van der Waals surface area contributed by atoms with Gasteiger partial charge in [-0.05, 0) is 31.1 Å². The van der Waals surface area contributed by atoms with Gasteiger partial charge in [0.05, 0.1) is 0 Å². The monoisotopic (exact) mass is 124 g/mol. The highest BCUT2D eigenvalue weighted by Gasteiger charge is 2.41. The first-order chi connectivity index (χ1) is 4.45. The van der Waals surface area contributed by atoms with E-state index in [-0.39, 0.29) is 0 Å². The van der Waals surface area contributed by atoms with Crippen LogP contribution < -0.4 is 0 Å². The highest BCUT2D eigenvalue weighted by atomic mass is 14.5. The van der Waals surface area contributed by atoms with E-state index in [2.05, 4.69) is 0 Å². The molecule has 0 N–H and O–H groups in total. The number of rotatable bonds is 0. The summed E-state index contributed by atoms with van der Waals surface area (Å²) >= 11 is 0. The van der Waals surface area contributed by atoms with Gasteiger partial charge >= 0.3 is 0 Å². The highest BCUT2D eigenvalue weighted by molar-refractivity contribution is 4.92. The summed E-state index contributed by atoms with van der Waals surface area (Å²) < 4.78 is 0. The van der Waals surface area contributed by atoms with Gasteiger partial charge in [0.1, 0.15) is 0 Å². The van der Waals surface area contributed by atoms with Crippen molar-refractivity contribution >= 4 is 0 Å². The third kappa shape index (κ3) is 1.12. The van der Waals surface area contributed by atoms with E-state index in [4.69, 9.17) is 0 Å². The fourth-order valence-corrected chi connectivity index (χ4v) is 1.46. The molecule has 0 radical (unpaired) electrons. The molecule has 4 fully saturated rings. The van der Waals surface area contributed by atoms with E-state index in [0.717, 1.165) is 0 Å². The van der Waals surface area contributed by atoms with Crippen molar-refractivity contribution in [2.45, 2.75) is 44.9 Å². The van der Waals surface area contributed by atoms with Crippen LogP contribution in [0.3, 0.4) is 0 Å². The molecule has 0 heteroatoms. The first-order valence-electron chi connectivity index (χ1n) is 4.45. The van der Waals surface area contributed by atoms with Crippen molar-refractivity contribution in [1.29, 1.82) is 0 Å². The van der Waals surface area contributed by atoms with Crippen molar-refractivity contribution in [1.82, 2.24) is 0 Å². The molecule has 4 rings (SSSR count). The highest BCUT2D eigenvalue weighted by Crippen LogP contribution is 2.52. The van der Waals surface area contributed by atoms with Gasteiger partial charge in [-0.25, -0.2) is 0 Å². The summed E-state index contributed by atoms with van der Waals surface area (Å²) in [6, 6.07) is 0. The fourth-order valence-electron chi connectivity index (χ4n) is 1.46. The van der Waals surface area contributed by atoms with Crippen LogP contribution in [0.5, 0.6) is 0 Å². The Balaban J connectivity index is 0.0000000767. The van der Waals surface area contributed by atoms with Gasteiger partial charge in [0.25, 0.3) is 0 Å². The van der Waals surface area contributed by atoms with Gasteiger partial charge in [0.2, 0.25) is 0 Å². The number of hydrogen-bond donors (Lipinski definition) is 0.